The summed E-state index contributed by atoms with van der Waals surface area (Å²) in [5.74, 6) is -0.506. The maximum atomic E-state index is 13.5. The van der Waals surface area contributed by atoms with E-state index >= 15 is 0 Å². The third-order valence-electron chi connectivity index (χ3n) is 3.13. The van der Waals surface area contributed by atoms with E-state index in [9.17, 15) is 9.18 Å². The van der Waals surface area contributed by atoms with E-state index in [-0.39, 0.29) is 11.6 Å². The Morgan fingerprint density at radius 1 is 0.947 bits per heavy atom. The SMILES string of the molecule is Cc1ccc(C(=O)c2cc(C)c(Br)c(C)c2)cc1F. The van der Waals surface area contributed by atoms with Crippen molar-refractivity contribution < 1.29 is 9.18 Å². The summed E-state index contributed by atoms with van der Waals surface area (Å²) in [5.41, 5.74) is 3.50. The summed E-state index contributed by atoms with van der Waals surface area (Å²) in [4.78, 5) is 12.3. The minimum Gasteiger partial charge on any atom is -0.289 e. The quantitative estimate of drug-likeness (QED) is 0.730. The lowest BCUT2D eigenvalue weighted by Gasteiger charge is -2.08. The van der Waals surface area contributed by atoms with Crippen LogP contribution in [0.3, 0.4) is 0 Å². The van der Waals surface area contributed by atoms with Crippen LogP contribution >= 0.6 is 15.9 Å². The van der Waals surface area contributed by atoms with E-state index in [1.807, 2.05) is 26.0 Å². The molecule has 0 atom stereocenters. The Hall–Kier alpha value is -1.48. The normalized spacial score (nSPS) is 10.6. The predicted molar refractivity (Wildman–Crippen MR) is 78.2 cm³/mol. The Kier molecular flexibility index (Phi) is 3.85. The van der Waals surface area contributed by atoms with E-state index in [1.165, 1.54) is 6.07 Å². The van der Waals surface area contributed by atoms with Crippen LogP contribution in [0.1, 0.15) is 32.6 Å². The standard InChI is InChI=1S/C16H14BrFO/c1-9-4-5-12(8-14(9)18)16(19)13-6-10(2)15(17)11(3)7-13/h4-8H,1-3H3. The van der Waals surface area contributed by atoms with Crippen LogP contribution in [-0.4, -0.2) is 5.78 Å². The lowest BCUT2D eigenvalue weighted by atomic mass is 9.98. The molecule has 0 aliphatic heterocycles. The van der Waals surface area contributed by atoms with Gasteiger partial charge in [0.1, 0.15) is 5.82 Å². The zero-order valence-corrected chi connectivity index (χ0v) is 12.6. The molecule has 0 amide bonds. The number of rotatable bonds is 2. The molecule has 0 N–H and O–H groups in total. The van der Waals surface area contributed by atoms with E-state index in [0.717, 1.165) is 15.6 Å². The van der Waals surface area contributed by atoms with Crippen molar-refractivity contribution in [2.75, 3.05) is 0 Å². The molecule has 2 rings (SSSR count). The summed E-state index contributed by atoms with van der Waals surface area (Å²) in [6, 6.07) is 8.22. The average molecular weight is 321 g/mol. The van der Waals surface area contributed by atoms with E-state index in [0.29, 0.717) is 16.7 Å². The molecule has 98 valence electrons. The molecule has 0 radical (unpaired) electrons. The first kappa shape index (κ1) is 13.9. The molecule has 1 nitrogen and oxygen atoms in total. The van der Waals surface area contributed by atoms with Crippen molar-refractivity contribution in [3.05, 3.63) is 68.4 Å². The van der Waals surface area contributed by atoms with Gasteiger partial charge in [-0.1, -0.05) is 28.1 Å². The van der Waals surface area contributed by atoms with Gasteiger partial charge in [0.2, 0.25) is 0 Å². The van der Waals surface area contributed by atoms with Gasteiger partial charge in [-0.2, -0.15) is 0 Å². The van der Waals surface area contributed by atoms with Gasteiger partial charge in [0, 0.05) is 15.6 Å². The number of carbonyl (C=O) groups excluding carboxylic acids is 1. The van der Waals surface area contributed by atoms with Gasteiger partial charge in [0.25, 0.3) is 0 Å². The lowest BCUT2D eigenvalue weighted by Crippen LogP contribution is -2.03. The number of halogens is 2. The Balaban J connectivity index is 2.47. The Morgan fingerprint density at radius 2 is 1.53 bits per heavy atom. The third-order valence-corrected chi connectivity index (χ3v) is 4.38. The summed E-state index contributed by atoms with van der Waals surface area (Å²) in [7, 11) is 0. The Morgan fingerprint density at radius 3 is 2.05 bits per heavy atom. The van der Waals surface area contributed by atoms with E-state index in [2.05, 4.69) is 15.9 Å². The second-order valence-electron chi connectivity index (χ2n) is 4.72. The molecular formula is C16H14BrFO. The molecule has 19 heavy (non-hydrogen) atoms. The van der Waals surface area contributed by atoms with Gasteiger partial charge in [-0.05, 0) is 55.7 Å². The largest absolute Gasteiger partial charge is 0.289 e. The van der Waals surface area contributed by atoms with Crippen LogP contribution in [0.5, 0.6) is 0 Å². The minimum absolute atomic E-state index is 0.155. The summed E-state index contributed by atoms with van der Waals surface area (Å²) in [6.07, 6.45) is 0. The zero-order chi connectivity index (χ0) is 14.2. The summed E-state index contributed by atoms with van der Waals surface area (Å²) in [5, 5.41) is 0. The van der Waals surface area contributed by atoms with Crippen LogP contribution in [0.4, 0.5) is 4.39 Å². The minimum atomic E-state index is -0.351. The van der Waals surface area contributed by atoms with Crippen molar-refractivity contribution in [2.24, 2.45) is 0 Å². The van der Waals surface area contributed by atoms with Crippen molar-refractivity contribution >= 4 is 21.7 Å². The van der Waals surface area contributed by atoms with E-state index in [4.69, 9.17) is 0 Å². The molecule has 3 heteroatoms. The van der Waals surface area contributed by atoms with Crippen LogP contribution in [0.2, 0.25) is 0 Å². The molecule has 0 fully saturated rings. The highest BCUT2D eigenvalue weighted by molar-refractivity contribution is 9.10. The fourth-order valence-corrected chi connectivity index (χ4v) is 2.21. The molecular weight excluding hydrogens is 307 g/mol. The second-order valence-corrected chi connectivity index (χ2v) is 5.51. The fourth-order valence-electron chi connectivity index (χ4n) is 1.98. The van der Waals surface area contributed by atoms with Gasteiger partial charge in [-0.3, -0.25) is 4.79 Å². The number of benzene rings is 2. The van der Waals surface area contributed by atoms with Gasteiger partial charge in [-0.15, -0.1) is 0 Å². The molecule has 0 saturated carbocycles. The van der Waals surface area contributed by atoms with Crippen LogP contribution in [0, 0.1) is 26.6 Å². The van der Waals surface area contributed by atoms with Crippen LogP contribution in [-0.2, 0) is 0 Å². The molecule has 0 spiro atoms. The van der Waals surface area contributed by atoms with Crippen LogP contribution in [0.15, 0.2) is 34.8 Å². The van der Waals surface area contributed by atoms with Gasteiger partial charge >= 0.3 is 0 Å². The Labute approximate surface area is 120 Å². The molecule has 0 unspecified atom stereocenters. The molecule has 0 aliphatic carbocycles. The first-order valence-electron chi connectivity index (χ1n) is 5.97. The number of ketones is 1. The van der Waals surface area contributed by atoms with Crippen molar-refractivity contribution in [3.63, 3.8) is 0 Å². The topological polar surface area (TPSA) is 17.1 Å². The highest BCUT2D eigenvalue weighted by Gasteiger charge is 2.13. The first-order valence-corrected chi connectivity index (χ1v) is 6.77. The zero-order valence-electron chi connectivity index (χ0n) is 11.1. The maximum Gasteiger partial charge on any atom is 0.193 e. The summed E-state index contributed by atoms with van der Waals surface area (Å²) >= 11 is 3.47. The first-order chi connectivity index (χ1) is 8.90. The third kappa shape index (κ3) is 2.76. The molecule has 0 saturated heterocycles. The lowest BCUT2D eigenvalue weighted by molar-refractivity contribution is 0.103. The fraction of sp³-hybridized carbons (Fsp3) is 0.188. The number of carbonyl (C=O) groups is 1. The Bertz CT molecular complexity index is 639. The van der Waals surface area contributed by atoms with E-state index in [1.54, 1.807) is 19.1 Å². The van der Waals surface area contributed by atoms with Crippen molar-refractivity contribution in [2.45, 2.75) is 20.8 Å². The molecule has 0 heterocycles. The molecule has 0 aromatic heterocycles. The van der Waals surface area contributed by atoms with Gasteiger partial charge in [0.05, 0.1) is 0 Å². The smallest absolute Gasteiger partial charge is 0.193 e. The highest BCUT2D eigenvalue weighted by Crippen LogP contribution is 2.24. The number of aryl methyl sites for hydroxylation is 3. The molecule has 0 bridgehead atoms. The van der Waals surface area contributed by atoms with Crippen LogP contribution in [0.25, 0.3) is 0 Å². The molecule has 2 aromatic rings. The highest BCUT2D eigenvalue weighted by atomic mass is 79.9. The summed E-state index contributed by atoms with van der Waals surface area (Å²) in [6.45, 7) is 5.55. The molecule has 2 aromatic carbocycles. The van der Waals surface area contributed by atoms with Gasteiger partial charge < -0.3 is 0 Å². The van der Waals surface area contributed by atoms with Gasteiger partial charge in [-0.25, -0.2) is 4.39 Å². The van der Waals surface area contributed by atoms with Gasteiger partial charge in [0.15, 0.2) is 5.78 Å². The van der Waals surface area contributed by atoms with E-state index < -0.39 is 0 Å². The average Bonchev–Trinajstić information content (AvgIpc) is 2.37. The van der Waals surface area contributed by atoms with Crippen molar-refractivity contribution in [3.8, 4) is 0 Å². The van der Waals surface area contributed by atoms with Crippen LogP contribution < -0.4 is 0 Å². The second kappa shape index (κ2) is 5.25. The molecule has 0 aliphatic rings. The summed E-state index contributed by atoms with van der Waals surface area (Å²) < 4.78 is 14.5. The number of hydrogen-bond donors (Lipinski definition) is 0. The van der Waals surface area contributed by atoms with Crippen molar-refractivity contribution in [1.82, 2.24) is 0 Å². The monoisotopic (exact) mass is 320 g/mol. The maximum absolute atomic E-state index is 13.5. The van der Waals surface area contributed by atoms with Crippen molar-refractivity contribution in [1.29, 1.82) is 0 Å². The number of hydrogen-bond acceptors (Lipinski definition) is 1. The predicted octanol–water partition coefficient (Wildman–Crippen LogP) is 4.74.